The predicted molar refractivity (Wildman–Crippen MR) is 69.0 cm³/mol. The summed E-state index contributed by atoms with van der Waals surface area (Å²) in [6, 6.07) is 0. The van der Waals surface area contributed by atoms with Crippen LogP contribution in [-0.2, 0) is 0 Å². The van der Waals surface area contributed by atoms with Gasteiger partial charge in [-0.05, 0) is 49.8 Å². The van der Waals surface area contributed by atoms with Crippen molar-refractivity contribution in [1.29, 1.82) is 0 Å². The van der Waals surface area contributed by atoms with Gasteiger partial charge in [0.25, 0.3) is 0 Å². The van der Waals surface area contributed by atoms with Crippen LogP contribution in [0.15, 0.2) is 24.0 Å². The van der Waals surface area contributed by atoms with Crippen molar-refractivity contribution < 1.29 is 0 Å². The third-order valence-corrected chi connectivity index (χ3v) is 3.76. The zero-order chi connectivity index (χ0) is 11.4. The molecule has 0 spiro atoms. The molecule has 1 fully saturated rings. The molecule has 0 amide bonds. The number of nitrogens with one attached hydrogen (secondary N) is 1. The van der Waals surface area contributed by atoms with Gasteiger partial charge in [0.1, 0.15) is 0 Å². The minimum Gasteiger partial charge on any atom is -0.354 e. The molecular weight excluding hydrogens is 196 g/mol. The SMILES string of the molecule is CCC1=CN(C[C@@H]2CCCNC2)C=CC1C. The monoisotopic (exact) mass is 220 g/mol. The van der Waals surface area contributed by atoms with Crippen LogP contribution < -0.4 is 5.32 Å². The topological polar surface area (TPSA) is 15.3 Å². The molecule has 0 radical (unpaired) electrons. The van der Waals surface area contributed by atoms with Gasteiger partial charge < -0.3 is 10.2 Å². The van der Waals surface area contributed by atoms with Crippen LogP contribution in [-0.4, -0.2) is 24.5 Å². The van der Waals surface area contributed by atoms with Crippen molar-refractivity contribution in [2.24, 2.45) is 11.8 Å². The normalized spacial score (nSPS) is 30.4. The predicted octanol–water partition coefficient (Wildman–Crippen LogP) is 2.75. The van der Waals surface area contributed by atoms with E-state index in [-0.39, 0.29) is 0 Å². The second kappa shape index (κ2) is 5.53. The Kier molecular flexibility index (Phi) is 4.05. The number of hydrogen-bond donors (Lipinski definition) is 1. The Balaban J connectivity index is 1.89. The van der Waals surface area contributed by atoms with Crippen LogP contribution in [0.2, 0.25) is 0 Å². The van der Waals surface area contributed by atoms with E-state index in [2.05, 4.69) is 42.5 Å². The fraction of sp³-hybridized carbons (Fsp3) is 0.714. The molecule has 1 N–H and O–H groups in total. The molecule has 0 bridgehead atoms. The summed E-state index contributed by atoms with van der Waals surface area (Å²) in [6.07, 6.45) is 10.8. The van der Waals surface area contributed by atoms with Gasteiger partial charge in [0.2, 0.25) is 0 Å². The number of allylic oxidation sites excluding steroid dienone is 2. The van der Waals surface area contributed by atoms with E-state index in [1.165, 1.54) is 38.9 Å². The van der Waals surface area contributed by atoms with Crippen LogP contribution >= 0.6 is 0 Å². The maximum absolute atomic E-state index is 3.49. The summed E-state index contributed by atoms with van der Waals surface area (Å²) in [4.78, 5) is 2.39. The smallest absolute Gasteiger partial charge is 0.0259 e. The molecule has 2 heteroatoms. The Morgan fingerprint density at radius 1 is 1.50 bits per heavy atom. The minimum absolute atomic E-state index is 0.630. The standard InChI is InChI=1S/C14H24N2/c1-3-14-11-16(8-6-12(14)2)10-13-5-4-7-15-9-13/h6,8,11-13,15H,3-5,7,9-10H2,1-2H3/t12?,13-/m1/s1. The Morgan fingerprint density at radius 3 is 3.06 bits per heavy atom. The second-order valence-electron chi connectivity index (χ2n) is 5.10. The molecule has 2 nitrogen and oxygen atoms in total. The lowest BCUT2D eigenvalue weighted by atomic mass is 9.95. The van der Waals surface area contributed by atoms with Gasteiger partial charge in [0.15, 0.2) is 0 Å². The van der Waals surface area contributed by atoms with Crippen molar-refractivity contribution >= 4 is 0 Å². The molecule has 90 valence electrons. The van der Waals surface area contributed by atoms with Gasteiger partial charge in [0, 0.05) is 18.9 Å². The Labute approximate surface area is 99.4 Å². The average Bonchev–Trinajstić information content (AvgIpc) is 2.33. The summed E-state index contributed by atoms with van der Waals surface area (Å²) >= 11 is 0. The summed E-state index contributed by atoms with van der Waals surface area (Å²) in [7, 11) is 0. The van der Waals surface area contributed by atoms with Gasteiger partial charge in [-0.3, -0.25) is 0 Å². The van der Waals surface area contributed by atoms with E-state index in [1.54, 1.807) is 5.57 Å². The first-order chi connectivity index (χ1) is 7.79. The van der Waals surface area contributed by atoms with E-state index < -0.39 is 0 Å². The van der Waals surface area contributed by atoms with E-state index in [4.69, 9.17) is 0 Å². The number of nitrogens with zero attached hydrogens (tertiary/aromatic N) is 1. The highest BCUT2D eigenvalue weighted by atomic mass is 15.1. The van der Waals surface area contributed by atoms with Crippen molar-refractivity contribution in [3.05, 3.63) is 24.0 Å². The molecule has 0 aromatic carbocycles. The summed E-state index contributed by atoms with van der Waals surface area (Å²) in [5.41, 5.74) is 1.56. The number of piperidine rings is 1. The Bertz CT molecular complexity index is 274. The molecular formula is C14H24N2. The lowest BCUT2D eigenvalue weighted by Crippen LogP contribution is -2.35. The molecule has 2 atom stereocenters. The van der Waals surface area contributed by atoms with Gasteiger partial charge in [0.05, 0.1) is 0 Å². The van der Waals surface area contributed by atoms with Gasteiger partial charge in [-0.25, -0.2) is 0 Å². The third kappa shape index (κ3) is 2.88. The van der Waals surface area contributed by atoms with Crippen molar-refractivity contribution in [1.82, 2.24) is 10.2 Å². The zero-order valence-electron chi connectivity index (χ0n) is 10.6. The van der Waals surface area contributed by atoms with Crippen molar-refractivity contribution in [3.8, 4) is 0 Å². The molecule has 1 unspecified atom stereocenters. The van der Waals surface area contributed by atoms with Crippen LogP contribution in [0.25, 0.3) is 0 Å². The van der Waals surface area contributed by atoms with Crippen LogP contribution in [0.1, 0.15) is 33.1 Å². The maximum atomic E-state index is 3.49. The molecule has 1 saturated heterocycles. The number of hydrogen-bond acceptors (Lipinski definition) is 2. The second-order valence-corrected chi connectivity index (χ2v) is 5.10. The van der Waals surface area contributed by atoms with E-state index in [0.717, 1.165) is 5.92 Å². The van der Waals surface area contributed by atoms with E-state index >= 15 is 0 Å². The average molecular weight is 220 g/mol. The number of rotatable bonds is 3. The highest BCUT2D eigenvalue weighted by Crippen LogP contribution is 2.23. The molecule has 0 saturated carbocycles. The van der Waals surface area contributed by atoms with E-state index in [9.17, 15) is 0 Å². The zero-order valence-corrected chi connectivity index (χ0v) is 10.6. The summed E-state index contributed by atoms with van der Waals surface area (Å²) < 4.78 is 0. The van der Waals surface area contributed by atoms with Crippen LogP contribution in [0.5, 0.6) is 0 Å². The largest absolute Gasteiger partial charge is 0.354 e. The lowest BCUT2D eigenvalue weighted by Gasteiger charge is -2.30. The molecule has 2 rings (SSSR count). The lowest BCUT2D eigenvalue weighted by molar-refractivity contribution is 0.305. The fourth-order valence-corrected chi connectivity index (χ4v) is 2.64. The quantitative estimate of drug-likeness (QED) is 0.787. The highest BCUT2D eigenvalue weighted by molar-refractivity contribution is 5.17. The minimum atomic E-state index is 0.630. The van der Waals surface area contributed by atoms with E-state index in [0.29, 0.717) is 5.92 Å². The van der Waals surface area contributed by atoms with Crippen LogP contribution in [0.4, 0.5) is 0 Å². The molecule has 0 aliphatic carbocycles. The molecule has 2 aliphatic rings. The van der Waals surface area contributed by atoms with Gasteiger partial charge >= 0.3 is 0 Å². The molecule has 0 aromatic heterocycles. The first kappa shape index (κ1) is 11.7. The van der Waals surface area contributed by atoms with E-state index in [1.807, 2.05) is 0 Å². The molecule has 0 aromatic rings. The van der Waals surface area contributed by atoms with Crippen LogP contribution in [0, 0.1) is 11.8 Å². The first-order valence-electron chi connectivity index (χ1n) is 6.65. The Hall–Kier alpha value is -0.760. The molecule has 2 aliphatic heterocycles. The maximum Gasteiger partial charge on any atom is 0.0259 e. The van der Waals surface area contributed by atoms with Crippen molar-refractivity contribution in [2.45, 2.75) is 33.1 Å². The summed E-state index contributed by atoms with van der Waals surface area (Å²) in [5, 5.41) is 3.49. The van der Waals surface area contributed by atoms with Crippen LogP contribution in [0.3, 0.4) is 0 Å². The fourth-order valence-electron chi connectivity index (χ4n) is 2.64. The van der Waals surface area contributed by atoms with Gasteiger partial charge in [-0.1, -0.05) is 19.9 Å². The summed E-state index contributed by atoms with van der Waals surface area (Å²) in [5.74, 6) is 1.45. The first-order valence-corrected chi connectivity index (χ1v) is 6.65. The third-order valence-electron chi connectivity index (χ3n) is 3.76. The molecule has 2 heterocycles. The van der Waals surface area contributed by atoms with Gasteiger partial charge in [-0.2, -0.15) is 0 Å². The van der Waals surface area contributed by atoms with Crippen molar-refractivity contribution in [3.63, 3.8) is 0 Å². The molecule has 16 heavy (non-hydrogen) atoms. The Morgan fingerprint density at radius 2 is 2.38 bits per heavy atom. The highest BCUT2D eigenvalue weighted by Gasteiger charge is 2.17. The van der Waals surface area contributed by atoms with Gasteiger partial charge in [-0.15, -0.1) is 0 Å². The van der Waals surface area contributed by atoms with Crippen molar-refractivity contribution in [2.75, 3.05) is 19.6 Å². The summed E-state index contributed by atoms with van der Waals surface area (Å²) in [6.45, 7) is 8.11.